The molecule has 17 heavy (non-hydrogen) atoms. The predicted octanol–water partition coefficient (Wildman–Crippen LogP) is -0.217. The smallest absolute Gasteiger partial charge is 0.309 e. The van der Waals surface area contributed by atoms with Gasteiger partial charge >= 0.3 is 11.8 Å². The Morgan fingerprint density at radius 1 is 1.47 bits per heavy atom. The van der Waals surface area contributed by atoms with Crippen LogP contribution >= 0.6 is 0 Å². The third-order valence-electron chi connectivity index (χ3n) is 2.26. The summed E-state index contributed by atoms with van der Waals surface area (Å²) in [6.07, 6.45) is 2.05. The highest BCUT2D eigenvalue weighted by molar-refractivity contribution is 6.35. The van der Waals surface area contributed by atoms with Gasteiger partial charge in [0.15, 0.2) is 0 Å². The highest BCUT2D eigenvalue weighted by Gasteiger charge is 2.16. The van der Waals surface area contributed by atoms with Crippen molar-refractivity contribution in [2.45, 2.75) is 25.9 Å². The lowest BCUT2D eigenvalue weighted by molar-refractivity contribution is -0.139. The highest BCUT2D eigenvalue weighted by Crippen LogP contribution is 1.98. The number of furan rings is 1. The van der Waals surface area contributed by atoms with Gasteiger partial charge in [0.1, 0.15) is 5.76 Å². The van der Waals surface area contributed by atoms with Crippen LogP contribution in [0.3, 0.4) is 0 Å². The normalized spacial score (nSPS) is 11.9. The van der Waals surface area contributed by atoms with Gasteiger partial charge in [0.25, 0.3) is 0 Å². The first-order chi connectivity index (χ1) is 8.17. The zero-order valence-corrected chi connectivity index (χ0v) is 9.60. The summed E-state index contributed by atoms with van der Waals surface area (Å²) in [5, 5.41) is 13.7. The van der Waals surface area contributed by atoms with Crippen LogP contribution in [0.15, 0.2) is 22.8 Å². The third kappa shape index (κ3) is 4.28. The second-order valence-corrected chi connectivity index (χ2v) is 3.52. The second-order valence-electron chi connectivity index (χ2n) is 3.52. The summed E-state index contributed by atoms with van der Waals surface area (Å²) in [4.78, 5) is 22.7. The quantitative estimate of drug-likeness (QED) is 0.621. The van der Waals surface area contributed by atoms with Crippen molar-refractivity contribution in [3.63, 3.8) is 0 Å². The van der Waals surface area contributed by atoms with Crippen LogP contribution in [0.1, 0.15) is 19.1 Å². The molecule has 0 aliphatic rings. The SMILES string of the molecule is CC[C@H](CO)NC(=O)C(=O)NCc1ccco1. The molecule has 94 valence electrons. The van der Waals surface area contributed by atoms with Gasteiger partial charge in [-0.15, -0.1) is 0 Å². The molecular weight excluding hydrogens is 224 g/mol. The Hall–Kier alpha value is -1.82. The van der Waals surface area contributed by atoms with Crippen LogP contribution in [-0.4, -0.2) is 29.6 Å². The van der Waals surface area contributed by atoms with Crippen molar-refractivity contribution >= 4 is 11.8 Å². The number of amides is 2. The summed E-state index contributed by atoms with van der Waals surface area (Å²) in [6, 6.07) is 3.00. The molecule has 0 saturated carbocycles. The molecule has 0 spiro atoms. The van der Waals surface area contributed by atoms with Gasteiger partial charge in [-0.1, -0.05) is 6.92 Å². The third-order valence-corrected chi connectivity index (χ3v) is 2.26. The molecule has 6 heteroatoms. The number of hydrogen-bond acceptors (Lipinski definition) is 4. The molecule has 1 rings (SSSR count). The molecule has 6 nitrogen and oxygen atoms in total. The zero-order chi connectivity index (χ0) is 12.7. The maximum Gasteiger partial charge on any atom is 0.309 e. The molecule has 2 amide bonds. The summed E-state index contributed by atoms with van der Waals surface area (Å²) in [5.74, 6) is -0.925. The molecule has 1 aromatic heterocycles. The maximum absolute atomic E-state index is 11.4. The number of nitrogens with one attached hydrogen (secondary N) is 2. The van der Waals surface area contributed by atoms with E-state index in [2.05, 4.69) is 10.6 Å². The Balaban J connectivity index is 2.34. The van der Waals surface area contributed by atoms with Gasteiger partial charge < -0.3 is 20.2 Å². The van der Waals surface area contributed by atoms with Crippen molar-refractivity contribution in [2.24, 2.45) is 0 Å². The number of hydrogen-bond donors (Lipinski definition) is 3. The summed E-state index contributed by atoms with van der Waals surface area (Å²) < 4.78 is 5.00. The summed E-state index contributed by atoms with van der Waals surface area (Å²) in [7, 11) is 0. The Labute approximate surface area is 99.0 Å². The van der Waals surface area contributed by atoms with E-state index in [1.807, 2.05) is 6.92 Å². The molecule has 0 unspecified atom stereocenters. The Morgan fingerprint density at radius 2 is 2.24 bits per heavy atom. The first-order valence-corrected chi connectivity index (χ1v) is 5.39. The Morgan fingerprint density at radius 3 is 2.76 bits per heavy atom. The summed E-state index contributed by atoms with van der Waals surface area (Å²) >= 11 is 0. The molecular formula is C11H16N2O4. The van der Waals surface area contributed by atoms with E-state index < -0.39 is 17.9 Å². The standard InChI is InChI=1S/C11H16N2O4/c1-2-8(7-14)13-11(16)10(15)12-6-9-4-3-5-17-9/h3-5,8,14H,2,6-7H2,1H3,(H,12,15)(H,13,16)/t8-/m1/s1. The number of carbonyl (C=O) groups excluding carboxylic acids is 2. The lowest BCUT2D eigenvalue weighted by Gasteiger charge is -2.13. The zero-order valence-electron chi connectivity index (χ0n) is 9.60. The lowest BCUT2D eigenvalue weighted by Crippen LogP contribution is -2.45. The van der Waals surface area contributed by atoms with Crippen molar-refractivity contribution in [1.82, 2.24) is 10.6 Å². The molecule has 1 atom stereocenters. The minimum atomic E-state index is -0.752. The monoisotopic (exact) mass is 240 g/mol. The second kappa shape index (κ2) is 6.70. The molecule has 0 aliphatic carbocycles. The molecule has 0 aromatic carbocycles. The van der Waals surface area contributed by atoms with E-state index in [-0.39, 0.29) is 13.2 Å². The molecule has 0 aliphatic heterocycles. The fourth-order valence-electron chi connectivity index (χ4n) is 1.19. The van der Waals surface area contributed by atoms with Crippen LogP contribution in [0, 0.1) is 0 Å². The first-order valence-electron chi connectivity index (χ1n) is 5.39. The van der Waals surface area contributed by atoms with Gasteiger partial charge in [-0.3, -0.25) is 9.59 Å². The summed E-state index contributed by atoms with van der Waals surface area (Å²) in [6.45, 7) is 1.78. The molecule has 1 heterocycles. The van der Waals surface area contributed by atoms with E-state index >= 15 is 0 Å². The number of aliphatic hydroxyl groups is 1. The summed E-state index contributed by atoms with van der Waals surface area (Å²) in [5.41, 5.74) is 0. The predicted molar refractivity (Wildman–Crippen MR) is 59.9 cm³/mol. The van der Waals surface area contributed by atoms with E-state index in [9.17, 15) is 9.59 Å². The van der Waals surface area contributed by atoms with Crippen molar-refractivity contribution in [3.05, 3.63) is 24.2 Å². The van der Waals surface area contributed by atoms with Gasteiger partial charge in [0, 0.05) is 0 Å². The van der Waals surface area contributed by atoms with Gasteiger partial charge in [-0.05, 0) is 18.6 Å². The lowest BCUT2D eigenvalue weighted by atomic mass is 10.2. The van der Waals surface area contributed by atoms with Crippen molar-refractivity contribution in [1.29, 1.82) is 0 Å². The Bertz CT molecular complexity index is 358. The molecule has 0 bridgehead atoms. The van der Waals surface area contributed by atoms with Crippen LogP contribution in [0.2, 0.25) is 0 Å². The molecule has 0 fully saturated rings. The van der Waals surface area contributed by atoms with Crippen LogP contribution in [-0.2, 0) is 16.1 Å². The van der Waals surface area contributed by atoms with Crippen LogP contribution < -0.4 is 10.6 Å². The van der Waals surface area contributed by atoms with Gasteiger partial charge in [0.05, 0.1) is 25.5 Å². The minimum Gasteiger partial charge on any atom is -0.467 e. The number of aliphatic hydroxyl groups excluding tert-OH is 1. The highest BCUT2D eigenvalue weighted by atomic mass is 16.3. The van der Waals surface area contributed by atoms with Crippen LogP contribution in [0.4, 0.5) is 0 Å². The van der Waals surface area contributed by atoms with E-state index in [0.29, 0.717) is 12.2 Å². The van der Waals surface area contributed by atoms with E-state index in [4.69, 9.17) is 9.52 Å². The maximum atomic E-state index is 11.4. The fraction of sp³-hybridized carbons (Fsp3) is 0.455. The largest absolute Gasteiger partial charge is 0.467 e. The van der Waals surface area contributed by atoms with Gasteiger partial charge in [0.2, 0.25) is 0 Å². The number of rotatable bonds is 5. The van der Waals surface area contributed by atoms with Crippen molar-refractivity contribution in [2.75, 3.05) is 6.61 Å². The van der Waals surface area contributed by atoms with Gasteiger partial charge in [-0.25, -0.2) is 0 Å². The average Bonchev–Trinajstić information content (AvgIpc) is 2.85. The van der Waals surface area contributed by atoms with E-state index in [1.165, 1.54) is 6.26 Å². The van der Waals surface area contributed by atoms with Crippen LogP contribution in [0.25, 0.3) is 0 Å². The Kier molecular flexibility index (Phi) is 5.22. The molecule has 0 radical (unpaired) electrons. The first kappa shape index (κ1) is 13.2. The average molecular weight is 240 g/mol. The topological polar surface area (TPSA) is 91.6 Å². The van der Waals surface area contributed by atoms with Crippen molar-refractivity contribution < 1.29 is 19.1 Å². The fourth-order valence-corrected chi connectivity index (χ4v) is 1.19. The van der Waals surface area contributed by atoms with E-state index in [1.54, 1.807) is 12.1 Å². The minimum absolute atomic E-state index is 0.162. The molecule has 0 saturated heterocycles. The van der Waals surface area contributed by atoms with Gasteiger partial charge in [-0.2, -0.15) is 0 Å². The van der Waals surface area contributed by atoms with Crippen LogP contribution in [0.5, 0.6) is 0 Å². The molecule has 3 N–H and O–H groups in total. The molecule has 1 aromatic rings. The van der Waals surface area contributed by atoms with E-state index in [0.717, 1.165) is 0 Å². The van der Waals surface area contributed by atoms with Crippen molar-refractivity contribution in [3.8, 4) is 0 Å². The number of carbonyl (C=O) groups is 2.